The summed E-state index contributed by atoms with van der Waals surface area (Å²) in [6.07, 6.45) is 4.95. The average molecular weight is 474 g/mol. The number of hydrogen-bond acceptors (Lipinski definition) is 8. The molecule has 0 saturated carbocycles. The second-order valence-corrected chi connectivity index (χ2v) is 9.99. The molecule has 3 aromatic rings. The molecule has 0 aliphatic carbocycles. The highest BCUT2D eigenvalue weighted by Crippen LogP contribution is 2.27. The van der Waals surface area contributed by atoms with Crippen LogP contribution in [0.5, 0.6) is 0 Å². The third-order valence-electron chi connectivity index (χ3n) is 5.84. The second-order valence-electron chi connectivity index (χ2n) is 8.12. The number of carbonyl (C=O) groups excluding carboxylic acids is 1. The highest BCUT2D eigenvalue weighted by atomic mass is 32.2. The maximum absolute atomic E-state index is 13.2. The van der Waals surface area contributed by atoms with Crippen LogP contribution in [0, 0.1) is 19.8 Å². The van der Waals surface area contributed by atoms with Crippen molar-refractivity contribution >= 4 is 15.9 Å². The van der Waals surface area contributed by atoms with E-state index >= 15 is 0 Å². The molecular weight excluding hydrogens is 446 g/mol. The molecule has 0 bridgehead atoms. The first kappa shape index (κ1) is 23.1. The summed E-state index contributed by atoms with van der Waals surface area (Å²) in [5.74, 6) is 0.293. The Balaban J connectivity index is 1.34. The summed E-state index contributed by atoms with van der Waals surface area (Å²) in [5, 5.41) is 11.1. The van der Waals surface area contributed by atoms with Gasteiger partial charge in [0.25, 0.3) is 5.89 Å². The van der Waals surface area contributed by atoms with Gasteiger partial charge in [0, 0.05) is 51.1 Å². The van der Waals surface area contributed by atoms with Crippen molar-refractivity contribution in [2.24, 2.45) is 13.0 Å². The lowest BCUT2D eigenvalue weighted by Gasteiger charge is -2.31. The molecule has 176 valence electrons. The van der Waals surface area contributed by atoms with Crippen LogP contribution in [-0.4, -0.2) is 63.2 Å². The van der Waals surface area contributed by atoms with Crippen LogP contribution in [0.25, 0.3) is 11.5 Å². The van der Waals surface area contributed by atoms with Crippen LogP contribution in [0.4, 0.5) is 0 Å². The summed E-state index contributed by atoms with van der Waals surface area (Å²) in [5.41, 5.74) is 1.83. The molecule has 4 rings (SSSR count). The van der Waals surface area contributed by atoms with Crippen LogP contribution in [0.2, 0.25) is 0 Å². The molecule has 3 aromatic heterocycles. The highest BCUT2D eigenvalue weighted by molar-refractivity contribution is 7.89. The largest absolute Gasteiger partial charge is 0.355 e. The number of nitrogens with zero attached hydrogens (tertiary/aromatic N) is 6. The van der Waals surface area contributed by atoms with E-state index in [-0.39, 0.29) is 17.3 Å². The third kappa shape index (κ3) is 4.81. The molecule has 1 N–H and O–H groups in total. The monoisotopic (exact) mass is 473 g/mol. The molecule has 4 heterocycles. The number of sulfonamides is 1. The zero-order valence-corrected chi connectivity index (χ0v) is 19.7. The Hall–Kier alpha value is -3.12. The summed E-state index contributed by atoms with van der Waals surface area (Å²) in [6, 6.07) is 3.55. The van der Waals surface area contributed by atoms with Gasteiger partial charge in [-0.15, -0.1) is 0 Å². The van der Waals surface area contributed by atoms with Crippen molar-refractivity contribution < 1.29 is 17.7 Å². The number of aryl methyl sites for hydroxylation is 2. The molecule has 11 nitrogen and oxygen atoms in total. The molecule has 1 atom stereocenters. The van der Waals surface area contributed by atoms with Crippen molar-refractivity contribution in [2.75, 3.05) is 19.6 Å². The SMILES string of the molecule is Cc1nn(C)c(C)c1S(=O)(=O)N1CCCC(C(=O)NCCc2noc(-c3ccncc3)n2)C1. The van der Waals surface area contributed by atoms with Gasteiger partial charge in [0.05, 0.1) is 17.3 Å². The molecule has 0 radical (unpaired) electrons. The standard InChI is InChI=1S/C21H27N7O4S/c1-14-19(15(2)27(3)25-14)33(30,31)28-12-4-5-17(13-28)20(29)23-11-8-18-24-21(32-26-18)16-6-9-22-10-7-16/h6-7,9-10,17H,4-5,8,11-13H2,1-3H3,(H,23,29). The number of aromatic nitrogens is 5. The topological polar surface area (TPSA) is 136 Å². The Morgan fingerprint density at radius 1 is 1.27 bits per heavy atom. The Bertz CT molecular complexity index is 1240. The molecule has 12 heteroatoms. The van der Waals surface area contributed by atoms with Gasteiger partial charge in [-0.05, 0) is 38.8 Å². The summed E-state index contributed by atoms with van der Waals surface area (Å²) >= 11 is 0. The number of carbonyl (C=O) groups is 1. The van der Waals surface area contributed by atoms with Gasteiger partial charge in [-0.1, -0.05) is 5.16 Å². The first-order valence-electron chi connectivity index (χ1n) is 10.8. The number of pyridine rings is 1. The summed E-state index contributed by atoms with van der Waals surface area (Å²) < 4.78 is 34.7. The fourth-order valence-corrected chi connectivity index (χ4v) is 5.96. The first-order chi connectivity index (χ1) is 15.8. The minimum atomic E-state index is -3.72. The van der Waals surface area contributed by atoms with E-state index in [9.17, 15) is 13.2 Å². The van der Waals surface area contributed by atoms with Crippen molar-refractivity contribution in [3.8, 4) is 11.5 Å². The molecule has 1 fully saturated rings. The van der Waals surface area contributed by atoms with Crippen molar-refractivity contribution in [3.05, 3.63) is 41.7 Å². The van der Waals surface area contributed by atoms with Crippen LogP contribution in [-0.2, 0) is 28.3 Å². The quantitative estimate of drug-likeness (QED) is 0.541. The van der Waals surface area contributed by atoms with Crippen molar-refractivity contribution in [2.45, 2.75) is 38.0 Å². The number of hydrogen-bond donors (Lipinski definition) is 1. The fourth-order valence-electron chi connectivity index (χ4n) is 4.04. The lowest BCUT2D eigenvalue weighted by atomic mass is 9.99. The van der Waals surface area contributed by atoms with Gasteiger partial charge in [-0.2, -0.15) is 14.4 Å². The van der Waals surface area contributed by atoms with Gasteiger partial charge >= 0.3 is 0 Å². The molecule has 1 saturated heterocycles. The lowest BCUT2D eigenvalue weighted by molar-refractivity contribution is -0.126. The molecule has 1 aliphatic rings. The second kappa shape index (κ2) is 9.40. The van der Waals surface area contributed by atoms with E-state index in [1.54, 1.807) is 50.1 Å². The Morgan fingerprint density at radius 2 is 2.03 bits per heavy atom. The van der Waals surface area contributed by atoms with Crippen LogP contribution >= 0.6 is 0 Å². The minimum absolute atomic E-state index is 0.149. The van der Waals surface area contributed by atoms with Crippen molar-refractivity contribution in [3.63, 3.8) is 0 Å². The normalized spacial score (nSPS) is 17.2. The molecule has 0 spiro atoms. The number of piperidine rings is 1. The van der Waals surface area contributed by atoms with E-state index < -0.39 is 15.9 Å². The van der Waals surface area contributed by atoms with Crippen LogP contribution < -0.4 is 5.32 Å². The van der Waals surface area contributed by atoms with E-state index in [0.29, 0.717) is 55.5 Å². The van der Waals surface area contributed by atoms with E-state index in [0.717, 1.165) is 5.56 Å². The van der Waals surface area contributed by atoms with Gasteiger partial charge in [0.15, 0.2) is 5.82 Å². The first-order valence-corrected chi connectivity index (χ1v) is 12.2. The smallest absolute Gasteiger partial charge is 0.258 e. The van der Waals surface area contributed by atoms with Crippen molar-refractivity contribution in [1.82, 2.24) is 34.5 Å². The molecule has 0 aromatic carbocycles. The number of rotatable bonds is 7. The van der Waals surface area contributed by atoms with Crippen molar-refractivity contribution in [1.29, 1.82) is 0 Å². The number of nitrogens with one attached hydrogen (secondary N) is 1. The Morgan fingerprint density at radius 3 is 2.73 bits per heavy atom. The van der Waals surface area contributed by atoms with E-state index in [1.807, 2.05) is 0 Å². The Kier molecular flexibility index (Phi) is 6.56. The minimum Gasteiger partial charge on any atom is -0.355 e. The van der Waals surface area contributed by atoms with E-state index in [2.05, 4.69) is 25.5 Å². The zero-order valence-electron chi connectivity index (χ0n) is 18.9. The van der Waals surface area contributed by atoms with E-state index in [4.69, 9.17) is 4.52 Å². The zero-order chi connectivity index (χ0) is 23.6. The van der Waals surface area contributed by atoms with Gasteiger partial charge in [0.1, 0.15) is 4.90 Å². The van der Waals surface area contributed by atoms with Gasteiger partial charge in [-0.25, -0.2) is 8.42 Å². The Labute approximate surface area is 192 Å². The van der Waals surface area contributed by atoms with Crippen LogP contribution in [0.1, 0.15) is 30.1 Å². The maximum Gasteiger partial charge on any atom is 0.258 e. The fraction of sp³-hybridized carbons (Fsp3) is 0.476. The molecule has 33 heavy (non-hydrogen) atoms. The summed E-state index contributed by atoms with van der Waals surface area (Å²) in [6.45, 7) is 4.29. The van der Waals surface area contributed by atoms with Gasteiger partial charge in [-0.3, -0.25) is 14.5 Å². The van der Waals surface area contributed by atoms with Gasteiger partial charge in [0.2, 0.25) is 15.9 Å². The lowest BCUT2D eigenvalue weighted by Crippen LogP contribution is -2.45. The predicted octanol–water partition coefficient (Wildman–Crippen LogP) is 1.24. The molecule has 1 amide bonds. The van der Waals surface area contributed by atoms with Gasteiger partial charge < -0.3 is 9.84 Å². The predicted molar refractivity (Wildman–Crippen MR) is 118 cm³/mol. The molecule has 1 aliphatic heterocycles. The third-order valence-corrected chi connectivity index (χ3v) is 7.96. The summed E-state index contributed by atoms with van der Waals surface area (Å²) in [4.78, 5) is 21.3. The van der Waals surface area contributed by atoms with Crippen LogP contribution in [0.15, 0.2) is 33.9 Å². The van der Waals surface area contributed by atoms with Crippen LogP contribution in [0.3, 0.4) is 0 Å². The maximum atomic E-state index is 13.2. The molecule has 1 unspecified atom stereocenters. The highest BCUT2D eigenvalue weighted by Gasteiger charge is 2.36. The summed E-state index contributed by atoms with van der Waals surface area (Å²) in [7, 11) is -2.00. The average Bonchev–Trinajstić information content (AvgIpc) is 3.38. The molecular formula is C21H27N7O4S. The van der Waals surface area contributed by atoms with E-state index in [1.165, 1.54) is 4.31 Å². The number of amides is 1.